The standard InChI is InChI=1S/C14H25N3O4S/c1-4-5-11(18)6-15-12(19)7-16-13(20)8-17-14(21)9-22-10(2)3/h10H,4-9H2,1-3H3,(H,15,19)(H,16,20)(H,17,21). The zero-order valence-electron chi connectivity index (χ0n) is 13.4. The molecule has 0 aromatic carbocycles. The molecule has 7 nitrogen and oxygen atoms in total. The monoisotopic (exact) mass is 331 g/mol. The molecule has 8 heteroatoms. The van der Waals surface area contributed by atoms with E-state index in [9.17, 15) is 19.2 Å². The van der Waals surface area contributed by atoms with Gasteiger partial charge in [0.2, 0.25) is 17.7 Å². The van der Waals surface area contributed by atoms with Gasteiger partial charge in [-0.3, -0.25) is 19.2 Å². The second-order valence-corrected chi connectivity index (χ2v) is 6.54. The van der Waals surface area contributed by atoms with E-state index in [2.05, 4.69) is 16.0 Å². The molecule has 0 unspecified atom stereocenters. The zero-order valence-corrected chi connectivity index (χ0v) is 14.2. The van der Waals surface area contributed by atoms with Crippen molar-refractivity contribution in [1.29, 1.82) is 0 Å². The third-order valence-electron chi connectivity index (χ3n) is 2.45. The number of hydrogen-bond acceptors (Lipinski definition) is 5. The first kappa shape index (κ1) is 20.4. The summed E-state index contributed by atoms with van der Waals surface area (Å²) in [5, 5.41) is 7.62. The molecule has 0 fully saturated rings. The molecule has 0 saturated carbocycles. The minimum atomic E-state index is -0.446. The minimum absolute atomic E-state index is 0.0221. The Morgan fingerprint density at radius 3 is 1.86 bits per heavy atom. The van der Waals surface area contributed by atoms with Crippen LogP contribution in [-0.4, -0.2) is 54.1 Å². The van der Waals surface area contributed by atoms with Crippen LogP contribution in [0.25, 0.3) is 0 Å². The Morgan fingerprint density at radius 2 is 1.36 bits per heavy atom. The Hall–Kier alpha value is -1.57. The maximum Gasteiger partial charge on any atom is 0.239 e. The summed E-state index contributed by atoms with van der Waals surface area (Å²) in [6.07, 6.45) is 1.16. The molecule has 22 heavy (non-hydrogen) atoms. The molecule has 0 aromatic rings. The van der Waals surface area contributed by atoms with Gasteiger partial charge in [-0.25, -0.2) is 0 Å². The van der Waals surface area contributed by atoms with E-state index in [1.807, 2.05) is 20.8 Å². The van der Waals surface area contributed by atoms with E-state index in [4.69, 9.17) is 0 Å². The van der Waals surface area contributed by atoms with Crippen LogP contribution >= 0.6 is 11.8 Å². The van der Waals surface area contributed by atoms with E-state index in [0.717, 1.165) is 6.42 Å². The average Bonchev–Trinajstić information content (AvgIpc) is 2.46. The summed E-state index contributed by atoms with van der Waals surface area (Å²) in [7, 11) is 0. The van der Waals surface area contributed by atoms with E-state index in [0.29, 0.717) is 17.4 Å². The molecule has 0 heterocycles. The van der Waals surface area contributed by atoms with Gasteiger partial charge in [-0.15, -0.1) is 11.8 Å². The minimum Gasteiger partial charge on any atom is -0.347 e. The molecule has 0 saturated heterocycles. The number of Topliss-reactive ketones (excluding diaryl/α,β-unsaturated/α-hetero) is 1. The highest BCUT2D eigenvalue weighted by molar-refractivity contribution is 8.00. The summed E-state index contributed by atoms with van der Waals surface area (Å²) in [6, 6.07) is 0. The van der Waals surface area contributed by atoms with Crippen LogP contribution in [0.15, 0.2) is 0 Å². The lowest BCUT2D eigenvalue weighted by Gasteiger charge is -2.08. The fourth-order valence-electron chi connectivity index (χ4n) is 1.34. The smallest absolute Gasteiger partial charge is 0.239 e. The average molecular weight is 331 g/mol. The van der Waals surface area contributed by atoms with Crippen LogP contribution < -0.4 is 16.0 Å². The van der Waals surface area contributed by atoms with Gasteiger partial charge in [0.1, 0.15) is 0 Å². The molecule has 0 radical (unpaired) electrons. The second kappa shape index (κ2) is 12.0. The van der Waals surface area contributed by atoms with Crippen molar-refractivity contribution < 1.29 is 19.2 Å². The molecule has 0 aromatic heterocycles. The van der Waals surface area contributed by atoms with E-state index in [-0.39, 0.29) is 31.3 Å². The summed E-state index contributed by atoms with van der Waals surface area (Å²) >= 11 is 1.48. The summed E-state index contributed by atoms with van der Waals surface area (Å²) in [5.74, 6) is -0.844. The predicted octanol–water partition coefficient (Wildman–Crippen LogP) is -0.154. The number of amides is 3. The molecule has 0 bridgehead atoms. The second-order valence-electron chi connectivity index (χ2n) is 4.98. The van der Waals surface area contributed by atoms with Gasteiger partial charge < -0.3 is 16.0 Å². The largest absolute Gasteiger partial charge is 0.347 e. The predicted molar refractivity (Wildman–Crippen MR) is 86.5 cm³/mol. The number of hydrogen-bond donors (Lipinski definition) is 3. The maximum absolute atomic E-state index is 11.5. The molecular formula is C14H25N3O4S. The highest BCUT2D eigenvalue weighted by Crippen LogP contribution is 2.07. The van der Waals surface area contributed by atoms with Gasteiger partial charge in [0, 0.05) is 6.42 Å². The van der Waals surface area contributed by atoms with Gasteiger partial charge in [-0.05, 0) is 11.7 Å². The van der Waals surface area contributed by atoms with Crippen LogP contribution in [0, 0.1) is 0 Å². The van der Waals surface area contributed by atoms with E-state index < -0.39 is 11.8 Å². The van der Waals surface area contributed by atoms with Gasteiger partial charge >= 0.3 is 0 Å². The van der Waals surface area contributed by atoms with Crippen molar-refractivity contribution >= 4 is 35.3 Å². The number of thioether (sulfide) groups is 1. The molecule has 3 N–H and O–H groups in total. The molecule has 0 spiro atoms. The maximum atomic E-state index is 11.5. The Bertz CT molecular complexity index is 400. The van der Waals surface area contributed by atoms with Crippen LogP contribution in [0.3, 0.4) is 0 Å². The Balaban J connectivity index is 3.73. The fraction of sp³-hybridized carbons (Fsp3) is 0.714. The normalized spacial score (nSPS) is 10.2. The molecule has 126 valence electrons. The first-order valence-electron chi connectivity index (χ1n) is 7.28. The number of rotatable bonds is 11. The van der Waals surface area contributed by atoms with Crippen molar-refractivity contribution in [2.75, 3.05) is 25.4 Å². The highest BCUT2D eigenvalue weighted by Gasteiger charge is 2.09. The molecule has 0 aliphatic rings. The summed E-state index contributed by atoms with van der Waals surface area (Å²) in [6.45, 7) is 5.44. The highest BCUT2D eigenvalue weighted by atomic mass is 32.2. The molecular weight excluding hydrogens is 306 g/mol. The Labute approximate surface area is 135 Å². The summed E-state index contributed by atoms with van der Waals surface area (Å²) in [4.78, 5) is 45.5. The number of nitrogens with one attached hydrogen (secondary N) is 3. The van der Waals surface area contributed by atoms with E-state index in [1.165, 1.54) is 11.8 Å². The SMILES string of the molecule is CCCC(=O)CNC(=O)CNC(=O)CNC(=O)CSC(C)C. The van der Waals surface area contributed by atoms with Crippen LogP contribution in [0.5, 0.6) is 0 Å². The summed E-state index contributed by atoms with van der Waals surface area (Å²) < 4.78 is 0. The van der Waals surface area contributed by atoms with Crippen LogP contribution in [-0.2, 0) is 19.2 Å². The topological polar surface area (TPSA) is 104 Å². The molecule has 0 aliphatic carbocycles. The summed E-state index contributed by atoms with van der Waals surface area (Å²) in [5.41, 5.74) is 0. The zero-order chi connectivity index (χ0) is 17.0. The van der Waals surface area contributed by atoms with Crippen molar-refractivity contribution in [3.8, 4) is 0 Å². The van der Waals surface area contributed by atoms with Crippen molar-refractivity contribution in [2.45, 2.75) is 38.9 Å². The Morgan fingerprint density at radius 1 is 0.864 bits per heavy atom. The van der Waals surface area contributed by atoms with Gasteiger partial charge in [0.05, 0.1) is 25.4 Å². The van der Waals surface area contributed by atoms with Gasteiger partial charge in [0.15, 0.2) is 5.78 Å². The lowest BCUT2D eigenvalue weighted by molar-refractivity contribution is -0.128. The van der Waals surface area contributed by atoms with Crippen LogP contribution in [0.2, 0.25) is 0 Å². The van der Waals surface area contributed by atoms with Crippen LogP contribution in [0.1, 0.15) is 33.6 Å². The Kier molecular flexibility index (Phi) is 11.2. The third kappa shape index (κ3) is 12.2. The van der Waals surface area contributed by atoms with Gasteiger partial charge in [0.25, 0.3) is 0 Å². The lowest BCUT2D eigenvalue weighted by atomic mass is 10.2. The number of ketones is 1. The fourth-order valence-corrected chi connectivity index (χ4v) is 1.93. The van der Waals surface area contributed by atoms with Gasteiger partial charge in [-0.1, -0.05) is 20.8 Å². The van der Waals surface area contributed by atoms with E-state index >= 15 is 0 Å². The first-order chi connectivity index (χ1) is 10.3. The molecule has 0 aliphatic heterocycles. The van der Waals surface area contributed by atoms with Crippen molar-refractivity contribution in [1.82, 2.24) is 16.0 Å². The van der Waals surface area contributed by atoms with E-state index in [1.54, 1.807) is 0 Å². The first-order valence-corrected chi connectivity index (χ1v) is 8.33. The van der Waals surface area contributed by atoms with Crippen molar-refractivity contribution in [3.63, 3.8) is 0 Å². The van der Waals surface area contributed by atoms with Crippen LogP contribution in [0.4, 0.5) is 0 Å². The molecule has 3 amide bonds. The quantitative estimate of drug-likeness (QED) is 0.488. The molecule has 0 rings (SSSR count). The molecule has 0 atom stereocenters. The lowest BCUT2D eigenvalue weighted by Crippen LogP contribution is -2.43. The third-order valence-corrected chi connectivity index (χ3v) is 3.55. The number of carbonyl (C=O) groups excluding carboxylic acids is 4. The van der Waals surface area contributed by atoms with Crippen molar-refractivity contribution in [3.05, 3.63) is 0 Å². The van der Waals surface area contributed by atoms with Crippen molar-refractivity contribution in [2.24, 2.45) is 0 Å². The van der Waals surface area contributed by atoms with Gasteiger partial charge in [-0.2, -0.15) is 0 Å². The number of carbonyl (C=O) groups is 4.